The van der Waals surface area contributed by atoms with E-state index in [0.29, 0.717) is 60.4 Å². The van der Waals surface area contributed by atoms with E-state index >= 15 is 0 Å². The molecule has 47 heavy (non-hydrogen) atoms. The van der Waals surface area contributed by atoms with Crippen LogP contribution < -0.4 is 29.6 Å². The lowest BCUT2D eigenvalue weighted by Crippen LogP contribution is -2.29. The molecule has 0 aliphatic rings. The molecule has 0 atom stereocenters. The van der Waals surface area contributed by atoms with Gasteiger partial charge in [-0.25, -0.2) is 0 Å². The van der Waals surface area contributed by atoms with E-state index in [0.717, 1.165) is 11.1 Å². The number of hydrogen-bond acceptors (Lipinski definition) is 7. The van der Waals surface area contributed by atoms with Gasteiger partial charge in [0.15, 0.2) is 23.0 Å². The van der Waals surface area contributed by atoms with Crippen molar-refractivity contribution in [3.05, 3.63) is 119 Å². The predicted octanol–water partition coefficient (Wildman–Crippen LogP) is 7.29. The Bertz CT molecular complexity index is 1690. The molecule has 5 aromatic rings. The number of amides is 2. The van der Waals surface area contributed by atoms with Crippen LogP contribution in [0.15, 0.2) is 101 Å². The van der Waals surface area contributed by atoms with E-state index in [-0.39, 0.29) is 22.6 Å². The Balaban J connectivity index is 1.58. The number of methoxy groups -OCH3 is 2. The molecule has 0 aliphatic carbocycles. The third kappa shape index (κ3) is 7.58. The van der Waals surface area contributed by atoms with E-state index in [4.69, 9.17) is 23.4 Å². The van der Waals surface area contributed by atoms with Crippen LogP contribution in [0.2, 0.25) is 0 Å². The average molecular weight is 635 g/mol. The first-order valence-corrected chi connectivity index (χ1v) is 15.4. The molecule has 9 nitrogen and oxygen atoms in total. The number of benzene rings is 4. The highest BCUT2D eigenvalue weighted by Crippen LogP contribution is 2.42. The Morgan fingerprint density at radius 2 is 0.979 bits per heavy atom. The minimum atomic E-state index is -0.447. The summed E-state index contributed by atoms with van der Waals surface area (Å²) in [5.41, 5.74) is 3.29. The van der Waals surface area contributed by atoms with Crippen molar-refractivity contribution >= 4 is 11.8 Å². The fraction of sp³-hybridized carbons (Fsp3) is 0.211. The van der Waals surface area contributed by atoms with Gasteiger partial charge in [-0.1, -0.05) is 60.7 Å². The van der Waals surface area contributed by atoms with Crippen LogP contribution in [-0.4, -0.2) is 39.1 Å². The highest BCUT2D eigenvalue weighted by molar-refractivity contribution is 6.14. The molecule has 9 heteroatoms. The SMILES string of the molecule is CCNC(=O)c1c(-c2ccc(OCc3ccccc3)c(OC)c2)oc(-c2ccc(OCc3ccccc3)c(OC)c2)c1C(=O)NCC. The van der Waals surface area contributed by atoms with Gasteiger partial charge >= 0.3 is 0 Å². The van der Waals surface area contributed by atoms with Crippen molar-refractivity contribution in [2.45, 2.75) is 27.1 Å². The smallest absolute Gasteiger partial charge is 0.256 e. The van der Waals surface area contributed by atoms with Crippen molar-refractivity contribution in [2.75, 3.05) is 27.3 Å². The lowest BCUT2D eigenvalue weighted by Gasteiger charge is -2.12. The van der Waals surface area contributed by atoms with E-state index in [1.54, 1.807) is 50.6 Å². The molecule has 0 saturated heterocycles. The summed E-state index contributed by atoms with van der Waals surface area (Å²) in [6.45, 7) is 5.02. The summed E-state index contributed by atoms with van der Waals surface area (Å²) in [7, 11) is 3.08. The number of hydrogen-bond donors (Lipinski definition) is 2. The maximum Gasteiger partial charge on any atom is 0.256 e. The number of rotatable bonds is 14. The summed E-state index contributed by atoms with van der Waals surface area (Å²) in [6.07, 6.45) is 0. The van der Waals surface area contributed by atoms with Crippen molar-refractivity contribution < 1.29 is 33.0 Å². The Labute approximate surface area is 274 Å². The van der Waals surface area contributed by atoms with Gasteiger partial charge in [-0.2, -0.15) is 0 Å². The van der Waals surface area contributed by atoms with Crippen LogP contribution >= 0.6 is 0 Å². The van der Waals surface area contributed by atoms with Gasteiger partial charge in [-0.15, -0.1) is 0 Å². The van der Waals surface area contributed by atoms with Gasteiger partial charge in [0.25, 0.3) is 11.8 Å². The summed E-state index contributed by atoms with van der Waals surface area (Å²) in [6, 6.07) is 30.1. The fourth-order valence-corrected chi connectivity index (χ4v) is 5.10. The van der Waals surface area contributed by atoms with Gasteiger partial charge in [0.05, 0.1) is 25.3 Å². The normalized spacial score (nSPS) is 10.6. The van der Waals surface area contributed by atoms with Gasteiger partial charge in [0.2, 0.25) is 0 Å². The summed E-state index contributed by atoms with van der Waals surface area (Å²) in [5, 5.41) is 5.67. The predicted molar refractivity (Wildman–Crippen MR) is 180 cm³/mol. The van der Waals surface area contributed by atoms with Crippen LogP contribution in [0, 0.1) is 0 Å². The van der Waals surface area contributed by atoms with E-state index in [1.807, 2.05) is 74.5 Å². The lowest BCUT2D eigenvalue weighted by atomic mass is 9.99. The van der Waals surface area contributed by atoms with Crippen LogP contribution in [-0.2, 0) is 13.2 Å². The number of ether oxygens (including phenoxy) is 4. The molecule has 1 aromatic heterocycles. The zero-order valence-corrected chi connectivity index (χ0v) is 26.9. The quantitative estimate of drug-likeness (QED) is 0.132. The van der Waals surface area contributed by atoms with Crippen LogP contribution in [0.25, 0.3) is 22.6 Å². The lowest BCUT2D eigenvalue weighted by molar-refractivity contribution is 0.0923. The molecule has 0 spiro atoms. The van der Waals surface area contributed by atoms with Gasteiger partial charge in [0, 0.05) is 24.2 Å². The molecule has 0 aliphatic heterocycles. The molecular weight excluding hydrogens is 596 g/mol. The van der Waals surface area contributed by atoms with E-state index < -0.39 is 11.8 Å². The second-order valence-electron chi connectivity index (χ2n) is 10.5. The third-order valence-electron chi connectivity index (χ3n) is 7.36. The number of carbonyl (C=O) groups is 2. The van der Waals surface area contributed by atoms with Crippen LogP contribution in [0.5, 0.6) is 23.0 Å². The van der Waals surface area contributed by atoms with Crippen molar-refractivity contribution in [3.8, 4) is 45.6 Å². The molecule has 2 N–H and O–H groups in total. The summed E-state index contributed by atoms with van der Waals surface area (Å²) < 4.78 is 29.9. The standard InChI is InChI=1S/C38H38N2O7/c1-5-39-37(41)33-34(38(42)40-6-2)36(28-18-20-30(32(22-28)44-4)46-24-26-15-11-8-12-16-26)47-35(33)27-17-19-29(31(21-27)43-3)45-23-25-13-9-7-10-14-25/h7-22H,5-6,23-24H2,1-4H3,(H,39,41)(H,40,42). The zero-order chi connectivity index (χ0) is 33.2. The Morgan fingerprint density at radius 1 is 0.574 bits per heavy atom. The van der Waals surface area contributed by atoms with Crippen LogP contribution in [0.3, 0.4) is 0 Å². The van der Waals surface area contributed by atoms with Crippen LogP contribution in [0.4, 0.5) is 0 Å². The fourth-order valence-electron chi connectivity index (χ4n) is 5.10. The highest BCUT2D eigenvalue weighted by Gasteiger charge is 2.32. The number of carbonyl (C=O) groups excluding carboxylic acids is 2. The number of furan rings is 1. The molecule has 2 amide bonds. The maximum atomic E-state index is 13.6. The molecule has 0 fully saturated rings. The van der Waals surface area contributed by atoms with E-state index in [9.17, 15) is 9.59 Å². The Kier molecular flexibility index (Phi) is 10.8. The van der Waals surface area contributed by atoms with Gasteiger partial charge in [0.1, 0.15) is 24.7 Å². The van der Waals surface area contributed by atoms with Crippen molar-refractivity contribution in [1.82, 2.24) is 10.6 Å². The first kappa shape index (κ1) is 32.7. The van der Waals surface area contributed by atoms with E-state index in [2.05, 4.69) is 10.6 Å². The molecule has 242 valence electrons. The largest absolute Gasteiger partial charge is 0.493 e. The first-order chi connectivity index (χ1) is 23.0. The maximum absolute atomic E-state index is 13.6. The first-order valence-electron chi connectivity index (χ1n) is 15.4. The molecule has 0 bridgehead atoms. The van der Waals surface area contributed by atoms with Gasteiger partial charge in [-0.05, 0) is 61.4 Å². The summed E-state index contributed by atoms with van der Waals surface area (Å²) >= 11 is 0. The Hall–Kier alpha value is -5.70. The molecule has 5 rings (SSSR count). The summed E-state index contributed by atoms with van der Waals surface area (Å²) in [5.74, 6) is 1.46. The van der Waals surface area contributed by atoms with E-state index in [1.165, 1.54) is 0 Å². The Morgan fingerprint density at radius 3 is 1.34 bits per heavy atom. The minimum absolute atomic E-state index is 0.108. The molecule has 0 unspecified atom stereocenters. The number of nitrogens with one attached hydrogen (secondary N) is 2. The van der Waals surface area contributed by atoms with Crippen LogP contribution in [0.1, 0.15) is 45.7 Å². The monoisotopic (exact) mass is 634 g/mol. The molecule has 0 saturated carbocycles. The van der Waals surface area contributed by atoms with Gasteiger partial charge in [-0.3, -0.25) is 9.59 Å². The van der Waals surface area contributed by atoms with Crippen molar-refractivity contribution in [1.29, 1.82) is 0 Å². The second-order valence-corrected chi connectivity index (χ2v) is 10.5. The van der Waals surface area contributed by atoms with Crippen molar-refractivity contribution in [2.24, 2.45) is 0 Å². The topological polar surface area (TPSA) is 108 Å². The molecule has 0 radical (unpaired) electrons. The highest BCUT2D eigenvalue weighted by atomic mass is 16.5. The molecule has 1 heterocycles. The minimum Gasteiger partial charge on any atom is -0.493 e. The molecule has 4 aromatic carbocycles. The third-order valence-corrected chi connectivity index (χ3v) is 7.36. The van der Waals surface area contributed by atoms with Gasteiger partial charge < -0.3 is 34.0 Å². The average Bonchev–Trinajstić information content (AvgIpc) is 3.52. The zero-order valence-electron chi connectivity index (χ0n) is 26.9. The second kappa shape index (κ2) is 15.5. The molecular formula is C38H38N2O7. The van der Waals surface area contributed by atoms with Crippen molar-refractivity contribution in [3.63, 3.8) is 0 Å². The summed E-state index contributed by atoms with van der Waals surface area (Å²) in [4.78, 5) is 27.3.